The van der Waals surface area contributed by atoms with Crippen LogP contribution in [0.4, 0.5) is 5.82 Å². The fourth-order valence-corrected chi connectivity index (χ4v) is 2.14. The Bertz CT molecular complexity index is 659. The molecule has 0 amide bonds. The minimum Gasteiger partial charge on any atom is -0.482 e. The lowest BCUT2D eigenvalue weighted by atomic mass is 10.2. The molecule has 0 aromatic carbocycles. The van der Waals surface area contributed by atoms with Crippen molar-refractivity contribution in [3.8, 4) is 5.75 Å². The van der Waals surface area contributed by atoms with E-state index in [-0.39, 0.29) is 0 Å². The third kappa shape index (κ3) is 5.22. The standard InChI is InChI=1S/C18H25N5O/c1-4-5-6-10-21-18-17(11-20-13-22-18)24-12-15-8-7-9-16(23-15)14(2)19-3/h7-9,11,13,19H,2,4-6,10,12H2,1,3H3,(H,20,21,22). The molecule has 0 atom stereocenters. The van der Waals surface area contributed by atoms with Crippen LogP contribution in [-0.4, -0.2) is 28.5 Å². The Morgan fingerprint density at radius 1 is 1.29 bits per heavy atom. The molecule has 0 saturated carbocycles. The molecule has 0 aliphatic rings. The van der Waals surface area contributed by atoms with E-state index in [1.54, 1.807) is 6.20 Å². The summed E-state index contributed by atoms with van der Waals surface area (Å²) in [5.41, 5.74) is 2.41. The topological polar surface area (TPSA) is 72.0 Å². The van der Waals surface area contributed by atoms with Crippen LogP contribution in [0.5, 0.6) is 5.75 Å². The molecular formula is C18H25N5O. The zero-order chi connectivity index (χ0) is 17.2. The average molecular weight is 327 g/mol. The van der Waals surface area contributed by atoms with Crippen LogP contribution in [0.3, 0.4) is 0 Å². The van der Waals surface area contributed by atoms with Crippen molar-refractivity contribution in [3.05, 3.63) is 48.7 Å². The highest BCUT2D eigenvalue weighted by molar-refractivity contribution is 5.57. The maximum Gasteiger partial charge on any atom is 0.180 e. The number of ether oxygens (including phenoxy) is 1. The molecule has 6 heteroatoms. The van der Waals surface area contributed by atoms with E-state index in [9.17, 15) is 0 Å². The van der Waals surface area contributed by atoms with Gasteiger partial charge in [0.1, 0.15) is 12.9 Å². The molecule has 0 aliphatic carbocycles. The van der Waals surface area contributed by atoms with Crippen LogP contribution in [0.25, 0.3) is 5.70 Å². The van der Waals surface area contributed by atoms with Gasteiger partial charge in [-0.05, 0) is 18.6 Å². The molecule has 0 saturated heterocycles. The van der Waals surface area contributed by atoms with Crippen LogP contribution in [0, 0.1) is 0 Å². The second-order valence-corrected chi connectivity index (χ2v) is 5.40. The molecule has 128 valence electrons. The van der Waals surface area contributed by atoms with Crippen molar-refractivity contribution in [1.82, 2.24) is 20.3 Å². The lowest BCUT2D eigenvalue weighted by Gasteiger charge is -2.12. The van der Waals surface area contributed by atoms with Crippen molar-refractivity contribution in [3.63, 3.8) is 0 Å². The number of anilines is 1. The van der Waals surface area contributed by atoms with Gasteiger partial charge in [-0.3, -0.25) is 0 Å². The fraction of sp³-hybridized carbons (Fsp3) is 0.389. The molecule has 2 heterocycles. The number of aromatic nitrogens is 3. The Morgan fingerprint density at radius 3 is 2.96 bits per heavy atom. The van der Waals surface area contributed by atoms with Gasteiger partial charge < -0.3 is 15.4 Å². The van der Waals surface area contributed by atoms with Crippen LogP contribution in [0.1, 0.15) is 37.6 Å². The zero-order valence-electron chi connectivity index (χ0n) is 14.4. The van der Waals surface area contributed by atoms with Crippen molar-refractivity contribution in [1.29, 1.82) is 0 Å². The van der Waals surface area contributed by atoms with Crippen molar-refractivity contribution < 1.29 is 4.74 Å². The maximum atomic E-state index is 5.85. The van der Waals surface area contributed by atoms with Crippen LogP contribution in [0.15, 0.2) is 37.3 Å². The summed E-state index contributed by atoms with van der Waals surface area (Å²) in [6, 6.07) is 5.77. The van der Waals surface area contributed by atoms with Crippen LogP contribution < -0.4 is 15.4 Å². The number of nitrogens with zero attached hydrogens (tertiary/aromatic N) is 3. The van der Waals surface area contributed by atoms with Gasteiger partial charge >= 0.3 is 0 Å². The van der Waals surface area contributed by atoms with Gasteiger partial charge in [-0.2, -0.15) is 0 Å². The molecule has 2 aromatic heterocycles. The summed E-state index contributed by atoms with van der Waals surface area (Å²) >= 11 is 0. The summed E-state index contributed by atoms with van der Waals surface area (Å²) in [6.07, 6.45) is 6.68. The normalized spacial score (nSPS) is 10.2. The highest BCUT2D eigenvalue weighted by Gasteiger charge is 2.07. The molecule has 0 bridgehead atoms. The average Bonchev–Trinajstić information content (AvgIpc) is 2.64. The smallest absolute Gasteiger partial charge is 0.180 e. The van der Waals surface area contributed by atoms with Gasteiger partial charge in [-0.25, -0.2) is 15.0 Å². The van der Waals surface area contributed by atoms with Crippen molar-refractivity contribution in [2.45, 2.75) is 32.8 Å². The molecule has 0 fully saturated rings. The molecule has 6 nitrogen and oxygen atoms in total. The number of hydrogen-bond acceptors (Lipinski definition) is 6. The van der Waals surface area contributed by atoms with Crippen LogP contribution >= 0.6 is 0 Å². The largest absolute Gasteiger partial charge is 0.482 e. The van der Waals surface area contributed by atoms with Crippen LogP contribution in [-0.2, 0) is 6.61 Å². The molecular weight excluding hydrogens is 302 g/mol. The highest BCUT2D eigenvalue weighted by atomic mass is 16.5. The number of hydrogen-bond donors (Lipinski definition) is 2. The number of rotatable bonds is 10. The molecule has 24 heavy (non-hydrogen) atoms. The Morgan fingerprint density at radius 2 is 2.17 bits per heavy atom. The lowest BCUT2D eigenvalue weighted by Crippen LogP contribution is -2.09. The number of unbranched alkanes of at least 4 members (excludes halogenated alkanes) is 2. The maximum absolute atomic E-state index is 5.85. The Kier molecular flexibility index (Phi) is 7.01. The van der Waals surface area contributed by atoms with E-state index in [2.05, 4.69) is 39.1 Å². The first-order chi connectivity index (χ1) is 11.7. The molecule has 0 radical (unpaired) electrons. The predicted molar refractivity (Wildman–Crippen MR) is 96.7 cm³/mol. The quantitative estimate of drug-likeness (QED) is 0.653. The van der Waals surface area contributed by atoms with Gasteiger partial charge in [-0.15, -0.1) is 0 Å². The van der Waals surface area contributed by atoms with Crippen molar-refractivity contribution >= 4 is 11.5 Å². The molecule has 0 aliphatic heterocycles. The summed E-state index contributed by atoms with van der Waals surface area (Å²) in [7, 11) is 1.82. The summed E-state index contributed by atoms with van der Waals surface area (Å²) in [5, 5.41) is 6.30. The van der Waals surface area contributed by atoms with Crippen molar-refractivity contribution in [2.75, 3.05) is 18.9 Å². The molecule has 0 spiro atoms. The summed E-state index contributed by atoms with van der Waals surface area (Å²) in [5.74, 6) is 1.35. The third-order valence-corrected chi connectivity index (χ3v) is 3.54. The Hall–Kier alpha value is -2.63. The lowest BCUT2D eigenvalue weighted by molar-refractivity contribution is 0.300. The molecule has 2 aromatic rings. The Labute approximate surface area is 143 Å². The third-order valence-electron chi connectivity index (χ3n) is 3.54. The minimum absolute atomic E-state index is 0.349. The fourth-order valence-electron chi connectivity index (χ4n) is 2.14. The van der Waals surface area contributed by atoms with Gasteiger partial charge in [0.15, 0.2) is 11.6 Å². The summed E-state index contributed by atoms with van der Waals surface area (Å²) in [4.78, 5) is 12.8. The zero-order valence-corrected chi connectivity index (χ0v) is 14.4. The van der Waals surface area contributed by atoms with E-state index < -0.39 is 0 Å². The van der Waals surface area contributed by atoms with Gasteiger partial charge in [0.25, 0.3) is 0 Å². The predicted octanol–water partition coefficient (Wildman–Crippen LogP) is 3.24. The molecule has 0 unspecified atom stereocenters. The summed E-state index contributed by atoms with van der Waals surface area (Å²) in [6.45, 7) is 7.33. The van der Waals surface area contributed by atoms with Gasteiger partial charge in [0, 0.05) is 13.6 Å². The number of nitrogens with one attached hydrogen (secondary N) is 2. The highest BCUT2D eigenvalue weighted by Crippen LogP contribution is 2.21. The van der Waals surface area contributed by atoms with E-state index in [1.165, 1.54) is 19.2 Å². The second-order valence-electron chi connectivity index (χ2n) is 5.40. The van der Waals surface area contributed by atoms with E-state index >= 15 is 0 Å². The van der Waals surface area contributed by atoms with E-state index in [4.69, 9.17) is 4.74 Å². The SMILES string of the molecule is C=C(NC)c1cccc(COc2cncnc2NCCCCC)n1. The Balaban J connectivity index is 1.98. The minimum atomic E-state index is 0.349. The van der Waals surface area contributed by atoms with Crippen LogP contribution in [0.2, 0.25) is 0 Å². The van der Waals surface area contributed by atoms with E-state index in [0.29, 0.717) is 12.4 Å². The second kappa shape index (κ2) is 9.50. The van der Waals surface area contributed by atoms with Gasteiger partial charge in [-0.1, -0.05) is 32.4 Å². The monoisotopic (exact) mass is 327 g/mol. The first-order valence-corrected chi connectivity index (χ1v) is 8.24. The number of pyridine rings is 1. The van der Waals surface area contributed by atoms with Gasteiger partial charge in [0.2, 0.25) is 0 Å². The summed E-state index contributed by atoms with van der Waals surface area (Å²) < 4.78 is 5.85. The molecule has 2 rings (SSSR count). The van der Waals surface area contributed by atoms with E-state index in [0.717, 1.165) is 35.9 Å². The first-order valence-electron chi connectivity index (χ1n) is 8.24. The molecule has 2 N–H and O–H groups in total. The van der Waals surface area contributed by atoms with E-state index in [1.807, 2.05) is 25.2 Å². The first kappa shape index (κ1) is 17.7. The van der Waals surface area contributed by atoms with Gasteiger partial charge in [0.05, 0.1) is 23.3 Å². The van der Waals surface area contributed by atoms with Crippen molar-refractivity contribution in [2.24, 2.45) is 0 Å².